The normalized spacial score (nSPS) is 11.0. The molecule has 1 N–H and O–H groups in total. The fourth-order valence-electron chi connectivity index (χ4n) is 2.87. The van der Waals surface area contributed by atoms with Crippen LogP contribution in [-0.4, -0.2) is 23.3 Å². The number of nitrogens with zero attached hydrogens (tertiary/aromatic N) is 3. The number of halogens is 2. The third-order valence-corrected chi connectivity index (χ3v) is 5.21. The highest BCUT2D eigenvalue weighted by atomic mass is 32.1. The lowest BCUT2D eigenvalue weighted by Crippen LogP contribution is -2.26. The van der Waals surface area contributed by atoms with Crippen LogP contribution in [0.15, 0.2) is 59.5 Å². The monoisotopic (exact) mass is 452 g/mol. The molecule has 0 fully saturated rings. The van der Waals surface area contributed by atoms with Gasteiger partial charge < -0.3 is 5.32 Å². The van der Waals surface area contributed by atoms with E-state index in [1.807, 2.05) is 36.4 Å². The molecule has 1 heterocycles. The average Bonchev–Trinajstić information content (AvgIpc) is 3.22. The summed E-state index contributed by atoms with van der Waals surface area (Å²) in [5.41, 5.74) is 1.01. The Labute approximate surface area is 187 Å². The molecule has 0 unspecified atom stereocenters. The molecule has 0 bridgehead atoms. The first-order valence-corrected chi connectivity index (χ1v) is 10.4. The maximum Gasteiger partial charge on any atom is 0.262 e. The van der Waals surface area contributed by atoms with Gasteiger partial charge >= 0.3 is 0 Å². The van der Waals surface area contributed by atoms with Gasteiger partial charge in [-0.1, -0.05) is 30.3 Å². The summed E-state index contributed by atoms with van der Waals surface area (Å²) in [6, 6.07) is 14.3. The van der Waals surface area contributed by atoms with Gasteiger partial charge in [0.2, 0.25) is 5.91 Å². The van der Waals surface area contributed by atoms with Gasteiger partial charge in [0.1, 0.15) is 23.3 Å². The molecule has 0 spiro atoms. The average molecular weight is 452 g/mol. The fourth-order valence-corrected chi connectivity index (χ4v) is 3.71. The second kappa shape index (κ2) is 10.4. The molecule has 0 aliphatic heterocycles. The molecular weight excluding hydrogens is 434 g/mol. The van der Waals surface area contributed by atoms with Crippen LogP contribution in [0.3, 0.4) is 0 Å². The lowest BCUT2D eigenvalue weighted by atomic mass is 10.1. The van der Waals surface area contributed by atoms with E-state index in [0.717, 1.165) is 33.9 Å². The first-order valence-electron chi connectivity index (χ1n) is 9.54. The highest BCUT2D eigenvalue weighted by Crippen LogP contribution is 2.31. The Kier molecular flexibility index (Phi) is 7.41. The van der Waals surface area contributed by atoms with Crippen LogP contribution in [0, 0.1) is 23.0 Å². The quantitative estimate of drug-likeness (QED) is 0.426. The van der Waals surface area contributed by atoms with E-state index < -0.39 is 23.4 Å². The van der Waals surface area contributed by atoms with Gasteiger partial charge in [-0.05, 0) is 30.2 Å². The Hall–Kier alpha value is -3.90. The number of aromatic nitrogens is 1. The third kappa shape index (κ3) is 5.62. The molecule has 9 heteroatoms. The van der Waals surface area contributed by atoms with Crippen molar-refractivity contribution in [3.8, 4) is 6.07 Å². The first-order chi connectivity index (χ1) is 15.4. The lowest BCUT2D eigenvalue weighted by molar-refractivity contribution is -0.117. The van der Waals surface area contributed by atoms with Gasteiger partial charge in [-0.3, -0.25) is 14.5 Å². The molecule has 0 saturated carbocycles. The van der Waals surface area contributed by atoms with E-state index in [2.05, 4.69) is 10.3 Å². The minimum atomic E-state index is -0.914. The molecule has 162 valence electrons. The van der Waals surface area contributed by atoms with Crippen molar-refractivity contribution in [1.29, 1.82) is 5.26 Å². The maximum absolute atomic E-state index is 14.2. The number of hydrogen-bond acceptors (Lipinski definition) is 5. The molecule has 3 rings (SSSR count). The number of amides is 2. The van der Waals surface area contributed by atoms with E-state index in [9.17, 15) is 23.6 Å². The Balaban J connectivity index is 1.75. The van der Waals surface area contributed by atoms with Crippen molar-refractivity contribution in [2.45, 2.75) is 13.3 Å². The standard InChI is InChI=1S/C23H18F2N4O2S/c1-15(30)29(21-8-7-18(24)12-20(21)25)23-28-19(14-32-23)11-17(13-26)22(31)27-10-9-16-5-3-2-4-6-16/h2-8,11-12,14H,9-10H2,1H3,(H,27,31)/b17-11+. The van der Waals surface area contributed by atoms with Crippen LogP contribution in [0.1, 0.15) is 18.2 Å². The number of nitrogens with one attached hydrogen (secondary N) is 1. The number of thiazole rings is 1. The van der Waals surface area contributed by atoms with Gasteiger partial charge in [0.05, 0.1) is 11.4 Å². The van der Waals surface area contributed by atoms with Crippen molar-refractivity contribution >= 4 is 40.0 Å². The van der Waals surface area contributed by atoms with Crippen LogP contribution in [-0.2, 0) is 16.0 Å². The topological polar surface area (TPSA) is 86.1 Å². The van der Waals surface area contributed by atoms with Gasteiger partial charge in [0, 0.05) is 24.9 Å². The van der Waals surface area contributed by atoms with Crippen LogP contribution < -0.4 is 10.2 Å². The molecule has 0 atom stereocenters. The summed E-state index contributed by atoms with van der Waals surface area (Å²) in [7, 11) is 0. The van der Waals surface area contributed by atoms with Gasteiger partial charge in [0.15, 0.2) is 5.13 Å². The summed E-state index contributed by atoms with van der Waals surface area (Å²) >= 11 is 1.02. The van der Waals surface area contributed by atoms with Crippen LogP contribution in [0.2, 0.25) is 0 Å². The zero-order chi connectivity index (χ0) is 23.1. The minimum absolute atomic E-state index is 0.121. The Bertz CT molecular complexity index is 1200. The van der Waals surface area contributed by atoms with Crippen LogP contribution in [0.25, 0.3) is 6.08 Å². The summed E-state index contributed by atoms with van der Waals surface area (Å²) in [6.07, 6.45) is 1.90. The molecule has 2 aromatic carbocycles. The van der Waals surface area contributed by atoms with E-state index in [0.29, 0.717) is 19.0 Å². The Morgan fingerprint density at radius 3 is 2.62 bits per heavy atom. The van der Waals surface area contributed by atoms with Gasteiger partial charge in [-0.25, -0.2) is 13.8 Å². The predicted octanol–water partition coefficient (Wildman–Crippen LogP) is 4.37. The lowest BCUT2D eigenvalue weighted by Gasteiger charge is -2.18. The molecule has 2 amide bonds. The van der Waals surface area contributed by atoms with Crippen LogP contribution in [0.5, 0.6) is 0 Å². The molecule has 0 saturated heterocycles. The molecule has 1 aromatic heterocycles. The highest BCUT2D eigenvalue weighted by Gasteiger charge is 2.21. The summed E-state index contributed by atoms with van der Waals surface area (Å²) in [5.74, 6) is -2.76. The van der Waals surface area contributed by atoms with Crippen molar-refractivity contribution in [3.05, 3.63) is 82.4 Å². The second-order valence-corrected chi connectivity index (χ2v) is 7.50. The third-order valence-electron chi connectivity index (χ3n) is 4.37. The van der Waals surface area contributed by atoms with E-state index in [1.54, 1.807) is 0 Å². The largest absolute Gasteiger partial charge is 0.351 e. The van der Waals surface area contributed by atoms with E-state index in [1.165, 1.54) is 18.4 Å². The van der Waals surface area contributed by atoms with Gasteiger partial charge in [-0.2, -0.15) is 5.26 Å². The van der Waals surface area contributed by atoms with E-state index >= 15 is 0 Å². The van der Waals surface area contributed by atoms with Gasteiger partial charge in [-0.15, -0.1) is 11.3 Å². The fraction of sp³-hybridized carbons (Fsp3) is 0.130. The number of carbonyl (C=O) groups is 2. The molecule has 32 heavy (non-hydrogen) atoms. The number of carbonyl (C=O) groups excluding carboxylic acids is 2. The Morgan fingerprint density at radius 2 is 1.97 bits per heavy atom. The zero-order valence-electron chi connectivity index (χ0n) is 17.0. The summed E-state index contributed by atoms with van der Waals surface area (Å²) in [5, 5.41) is 13.7. The molecule has 0 aliphatic carbocycles. The summed E-state index contributed by atoms with van der Waals surface area (Å²) < 4.78 is 27.4. The maximum atomic E-state index is 14.2. The van der Waals surface area contributed by atoms with Gasteiger partial charge in [0.25, 0.3) is 5.91 Å². The number of rotatable bonds is 7. The molecule has 6 nitrogen and oxygen atoms in total. The minimum Gasteiger partial charge on any atom is -0.351 e. The zero-order valence-corrected chi connectivity index (χ0v) is 17.8. The van der Waals surface area contributed by atoms with Crippen molar-refractivity contribution in [2.75, 3.05) is 11.4 Å². The van der Waals surface area contributed by atoms with Crippen molar-refractivity contribution in [2.24, 2.45) is 0 Å². The van der Waals surface area contributed by atoms with E-state index in [-0.39, 0.29) is 22.1 Å². The number of anilines is 2. The number of benzene rings is 2. The molecular formula is C23H18F2N4O2S. The van der Waals surface area contributed by atoms with Crippen molar-refractivity contribution in [3.63, 3.8) is 0 Å². The number of nitriles is 1. The molecule has 3 aromatic rings. The van der Waals surface area contributed by atoms with E-state index in [4.69, 9.17) is 0 Å². The summed E-state index contributed by atoms with van der Waals surface area (Å²) in [6.45, 7) is 1.58. The van der Waals surface area contributed by atoms with Crippen LogP contribution >= 0.6 is 11.3 Å². The SMILES string of the molecule is CC(=O)N(c1nc(/C=C(\C#N)C(=O)NCCc2ccccc2)cs1)c1ccc(F)cc1F. The molecule has 0 aliphatic rings. The van der Waals surface area contributed by atoms with Crippen molar-refractivity contribution in [1.82, 2.24) is 10.3 Å². The Morgan fingerprint density at radius 1 is 1.22 bits per heavy atom. The molecule has 0 radical (unpaired) electrons. The van der Waals surface area contributed by atoms with Crippen LogP contribution in [0.4, 0.5) is 19.6 Å². The first kappa shape index (κ1) is 22.8. The van der Waals surface area contributed by atoms with Crippen molar-refractivity contribution < 1.29 is 18.4 Å². The smallest absolute Gasteiger partial charge is 0.262 e. The number of hydrogen-bond donors (Lipinski definition) is 1. The second-order valence-electron chi connectivity index (χ2n) is 6.67. The highest BCUT2D eigenvalue weighted by molar-refractivity contribution is 7.14. The predicted molar refractivity (Wildman–Crippen MR) is 118 cm³/mol. The summed E-state index contributed by atoms with van der Waals surface area (Å²) in [4.78, 5) is 29.7.